The fraction of sp³-hybridized carbons (Fsp3) is 0. The average Bonchev–Trinajstić information content (AvgIpc) is 2.77. The first-order chi connectivity index (χ1) is 8.66. The first-order valence-electron chi connectivity index (χ1n) is 4.98. The molecule has 0 saturated heterocycles. The molecule has 90 valence electrons. The summed E-state index contributed by atoms with van der Waals surface area (Å²) in [6.45, 7) is 0. The van der Waals surface area contributed by atoms with Gasteiger partial charge in [0.2, 0.25) is 0 Å². The van der Waals surface area contributed by atoms with Crippen LogP contribution in [0.25, 0.3) is 22.4 Å². The molecule has 0 bridgehead atoms. The van der Waals surface area contributed by atoms with Gasteiger partial charge < -0.3 is 0 Å². The van der Waals surface area contributed by atoms with Crippen molar-refractivity contribution < 1.29 is 4.39 Å². The quantitative estimate of drug-likeness (QED) is 0.696. The summed E-state index contributed by atoms with van der Waals surface area (Å²) in [6, 6.07) is 4.37. The molecule has 0 radical (unpaired) electrons. The number of H-pyrrole nitrogens is 1. The predicted molar refractivity (Wildman–Crippen MR) is 67.1 cm³/mol. The minimum atomic E-state index is -0.499. The molecule has 7 heteroatoms. The first kappa shape index (κ1) is 11.4. The van der Waals surface area contributed by atoms with Gasteiger partial charge in [-0.1, -0.05) is 29.3 Å². The van der Waals surface area contributed by atoms with Gasteiger partial charge in [-0.2, -0.15) is 5.10 Å². The van der Waals surface area contributed by atoms with Gasteiger partial charge in [-0.3, -0.25) is 5.10 Å². The Balaban J connectivity index is 2.31. The summed E-state index contributed by atoms with van der Waals surface area (Å²) in [7, 11) is 0. The standard InChI is InChI=1S/C11H5Cl2FN4/c12-5-2-1-3-6(14)8(5)11-16-7-4-15-18-9(7)10(13)17-11/h1-4H,(H,15,18). The molecule has 1 N–H and O–H groups in total. The van der Waals surface area contributed by atoms with E-state index in [0.29, 0.717) is 11.0 Å². The van der Waals surface area contributed by atoms with E-state index < -0.39 is 5.82 Å². The summed E-state index contributed by atoms with van der Waals surface area (Å²) in [5, 5.41) is 6.87. The van der Waals surface area contributed by atoms with Gasteiger partial charge in [0, 0.05) is 0 Å². The van der Waals surface area contributed by atoms with E-state index in [2.05, 4.69) is 20.2 Å². The van der Waals surface area contributed by atoms with Gasteiger partial charge in [-0.25, -0.2) is 14.4 Å². The molecule has 0 fully saturated rings. The molecular weight excluding hydrogens is 278 g/mol. The van der Waals surface area contributed by atoms with Crippen LogP contribution in [0.4, 0.5) is 4.39 Å². The molecule has 0 aliphatic carbocycles. The Hall–Kier alpha value is -1.72. The number of hydrogen-bond donors (Lipinski definition) is 1. The van der Waals surface area contributed by atoms with E-state index >= 15 is 0 Å². The highest BCUT2D eigenvalue weighted by Gasteiger charge is 2.15. The van der Waals surface area contributed by atoms with Crippen LogP contribution in [0, 0.1) is 5.82 Å². The van der Waals surface area contributed by atoms with Crippen LogP contribution in [0.2, 0.25) is 10.2 Å². The number of aromatic amines is 1. The molecule has 0 saturated carbocycles. The predicted octanol–water partition coefficient (Wildman–Crippen LogP) is 3.47. The largest absolute Gasteiger partial charge is 0.273 e. The molecule has 2 aromatic heterocycles. The van der Waals surface area contributed by atoms with Gasteiger partial charge in [-0.15, -0.1) is 0 Å². The molecule has 0 aliphatic heterocycles. The lowest BCUT2D eigenvalue weighted by atomic mass is 10.2. The van der Waals surface area contributed by atoms with Crippen LogP contribution in [0.3, 0.4) is 0 Å². The third kappa shape index (κ3) is 1.72. The maximum absolute atomic E-state index is 13.8. The van der Waals surface area contributed by atoms with Crippen molar-refractivity contribution in [3.63, 3.8) is 0 Å². The molecule has 3 aromatic rings. The van der Waals surface area contributed by atoms with E-state index in [4.69, 9.17) is 23.2 Å². The maximum atomic E-state index is 13.8. The zero-order valence-electron chi connectivity index (χ0n) is 8.78. The SMILES string of the molecule is Fc1cccc(Cl)c1-c1nc(Cl)c2[nH]ncc2n1. The molecule has 2 heterocycles. The summed E-state index contributed by atoms with van der Waals surface area (Å²) < 4.78 is 13.8. The second-order valence-electron chi connectivity index (χ2n) is 3.56. The molecule has 0 atom stereocenters. The van der Waals surface area contributed by atoms with E-state index in [1.54, 1.807) is 6.07 Å². The maximum Gasteiger partial charge on any atom is 0.166 e. The van der Waals surface area contributed by atoms with Gasteiger partial charge in [0.15, 0.2) is 11.0 Å². The Labute approximate surface area is 111 Å². The Morgan fingerprint density at radius 3 is 2.78 bits per heavy atom. The van der Waals surface area contributed by atoms with Gasteiger partial charge in [0.25, 0.3) is 0 Å². The van der Waals surface area contributed by atoms with Gasteiger partial charge >= 0.3 is 0 Å². The third-order valence-corrected chi connectivity index (χ3v) is 3.03. The van der Waals surface area contributed by atoms with E-state index in [-0.39, 0.29) is 21.6 Å². The fourth-order valence-electron chi connectivity index (χ4n) is 1.63. The monoisotopic (exact) mass is 282 g/mol. The number of aromatic nitrogens is 4. The lowest BCUT2D eigenvalue weighted by molar-refractivity contribution is 0.630. The highest BCUT2D eigenvalue weighted by atomic mass is 35.5. The summed E-state index contributed by atoms with van der Waals surface area (Å²) in [4.78, 5) is 8.20. The number of benzene rings is 1. The Kier molecular flexibility index (Phi) is 2.65. The highest BCUT2D eigenvalue weighted by molar-refractivity contribution is 6.34. The van der Waals surface area contributed by atoms with Crippen molar-refractivity contribution in [1.82, 2.24) is 20.2 Å². The topological polar surface area (TPSA) is 54.5 Å². The van der Waals surface area contributed by atoms with Crippen molar-refractivity contribution in [2.24, 2.45) is 0 Å². The van der Waals surface area contributed by atoms with Crippen LogP contribution in [0.15, 0.2) is 24.4 Å². The summed E-state index contributed by atoms with van der Waals surface area (Å²) in [5.74, 6) is -0.363. The highest BCUT2D eigenvalue weighted by Crippen LogP contribution is 2.30. The Morgan fingerprint density at radius 1 is 1.17 bits per heavy atom. The Bertz CT molecular complexity index is 721. The smallest absolute Gasteiger partial charge is 0.166 e. The number of rotatable bonds is 1. The molecule has 18 heavy (non-hydrogen) atoms. The van der Waals surface area contributed by atoms with E-state index in [1.807, 2.05) is 0 Å². The summed E-state index contributed by atoms with van der Waals surface area (Å²) in [6.07, 6.45) is 1.49. The van der Waals surface area contributed by atoms with Gasteiger partial charge in [0.1, 0.15) is 16.9 Å². The van der Waals surface area contributed by atoms with Crippen LogP contribution in [0.1, 0.15) is 0 Å². The first-order valence-corrected chi connectivity index (χ1v) is 5.73. The summed E-state index contributed by atoms with van der Waals surface area (Å²) in [5.41, 5.74) is 1.14. The summed E-state index contributed by atoms with van der Waals surface area (Å²) >= 11 is 11.9. The van der Waals surface area contributed by atoms with E-state index in [9.17, 15) is 4.39 Å². The molecule has 0 spiro atoms. The normalized spacial score (nSPS) is 11.1. The number of nitrogens with one attached hydrogen (secondary N) is 1. The second-order valence-corrected chi connectivity index (χ2v) is 4.33. The van der Waals surface area contributed by atoms with Crippen LogP contribution < -0.4 is 0 Å². The minimum absolute atomic E-state index is 0.129. The second kappa shape index (κ2) is 4.19. The molecule has 0 unspecified atom stereocenters. The van der Waals surface area contributed by atoms with Crippen molar-refractivity contribution in [1.29, 1.82) is 0 Å². The lowest BCUT2D eigenvalue weighted by Crippen LogP contribution is -1.94. The van der Waals surface area contributed by atoms with Gasteiger partial charge in [-0.05, 0) is 12.1 Å². The van der Waals surface area contributed by atoms with Crippen molar-refractivity contribution in [2.45, 2.75) is 0 Å². The van der Waals surface area contributed by atoms with Crippen LogP contribution in [-0.2, 0) is 0 Å². The van der Waals surface area contributed by atoms with Crippen molar-refractivity contribution in [3.05, 3.63) is 40.4 Å². The molecule has 1 aromatic carbocycles. The van der Waals surface area contributed by atoms with Crippen molar-refractivity contribution in [2.75, 3.05) is 0 Å². The number of halogens is 3. The molecule has 3 rings (SSSR count). The van der Waals surface area contributed by atoms with Crippen LogP contribution in [-0.4, -0.2) is 20.2 Å². The van der Waals surface area contributed by atoms with E-state index in [0.717, 1.165) is 0 Å². The van der Waals surface area contributed by atoms with Crippen LogP contribution in [0.5, 0.6) is 0 Å². The van der Waals surface area contributed by atoms with Crippen molar-refractivity contribution >= 4 is 34.2 Å². The number of fused-ring (bicyclic) bond motifs is 1. The van der Waals surface area contributed by atoms with E-state index in [1.165, 1.54) is 18.3 Å². The lowest BCUT2D eigenvalue weighted by Gasteiger charge is -2.04. The molecule has 4 nitrogen and oxygen atoms in total. The zero-order chi connectivity index (χ0) is 12.7. The average molecular weight is 283 g/mol. The van der Waals surface area contributed by atoms with Crippen LogP contribution >= 0.6 is 23.2 Å². The van der Waals surface area contributed by atoms with Crippen molar-refractivity contribution in [3.8, 4) is 11.4 Å². The Morgan fingerprint density at radius 2 is 2.00 bits per heavy atom. The molecule has 0 amide bonds. The zero-order valence-corrected chi connectivity index (χ0v) is 10.3. The fourth-order valence-corrected chi connectivity index (χ4v) is 2.09. The molecular formula is C11H5Cl2FN4. The number of hydrogen-bond acceptors (Lipinski definition) is 3. The molecule has 0 aliphatic rings. The number of nitrogens with zero attached hydrogens (tertiary/aromatic N) is 3. The minimum Gasteiger partial charge on any atom is -0.273 e. The third-order valence-electron chi connectivity index (χ3n) is 2.44. The van der Waals surface area contributed by atoms with Gasteiger partial charge in [0.05, 0.1) is 16.8 Å².